The molecule has 162 valence electrons. The molecule has 0 aromatic rings. The molecule has 2 nitrogen and oxygen atoms in total. The maximum atomic E-state index is 13.4. The smallest absolute Gasteiger partial charge is 0.460 e. The minimum absolute atomic E-state index is 0.301. The minimum Gasteiger partial charge on any atom is -0.462 e. The number of carbonyl (C=O) groups excluding carboxylic acids is 1. The van der Waals surface area contributed by atoms with Gasteiger partial charge in [0.25, 0.3) is 0 Å². The van der Waals surface area contributed by atoms with Crippen LogP contribution in [0.2, 0.25) is 0 Å². The first-order valence-corrected chi connectivity index (χ1v) is 9.08. The van der Waals surface area contributed by atoms with Gasteiger partial charge in [0.1, 0.15) is 5.25 Å². The standard InChI is InChI=1S/C15H21F9O2S/c1-4-6-10(11(25)26-9(2)3)27-8-5-7-12(16,17)13(18,19)14(20,21)15(22,23)24/h9-10H,4-8H2,1-3H3. The van der Waals surface area contributed by atoms with E-state index in [1.807, 2.05) is 0 Å². The Morgan fingerprint density at radius 2 is 1.48 bits per heavy atom. The van der Waals surface area contributed by atoms with Gasteiger partial charge in [-0.3, -0.25) is 4.79 Å². The molecule has 0 bridgehead atoms. The zero-order chi connectivity index (χ0) is 21.7. The molecule has 0 saturated heterocycles. The monoisotopic (exact) mass is 436 g/mol. The highest BCUT2D eigenvalue weighted by Gasteiger charge is 2.81. The zero-order valence-corrected chi connectivity index (χ0v) is 15.6. The lowest BCUT2D eigenvalue weighted by molar-refractivity contribution is -0.396. The number of esters is 1. The molecule has 1 atom stereocenters. The van der Waals surface area contributed by atoms with Crippen LogP contribution in [0.4, 0.5) is 39.5 Å². The van der Waals surface area contributed by atoms with Crippen LogP contribution in [0.3, 0.4) is 0 Å². The second-order valence-electron chi connectivity index (χ2n) is 6.09. The molecule has 12 heteroatoms. The molecule has 0 radical (unpaired) electrons. The topological polar surface area (TPSA) is 26.3 Å². The summed E-state index contributed by atoms with van der Waals surface area (Å²) in [6, 6.07) is 0. The summed E-state index contributed by atoms with van der Waals surface area (Å²) in [5, 5.41) is -0.775. The number of ether oxygens (including phenoxy) is 1. The molecule has 0 saturated carbocycles. The van der Waals surface area contributed by atoms with E-state index in [1.54, 1.807) is 20.8 Å². The van der Waals surface area contributed by atoms with Gasteiger partial charge in [0.15, 0.2) is 0 Å². The molecule has 0 N–H and O–H groups in total. The van der Waals surface area contributed by atoms with E-state index >= 15 is 0 Å². The molecule has 0 amide bonds. The second kappa shape index (κ2) is 9.60. The van der Waals surface area contributed by atoms with E-state index in [4.69, 9.17) is 4.74 Å². The number of rotatable bonds is 11. The molecule has 1 unspecified atom stereocenters. The average Bonchev–Trinajstić information content (AvgIpc) is 2.47. The van der Waals surface area contributed by atoms with Crippen LogP contribution in [-0.2, 0) is 9.53 Å². The highest BCUT2D eigenvalue weighted by atomic mass is 32.2. The molecule has 27 heavy (non-hydrogen) atoms. The highest BCUT2D eigenvalue weighted by molar-refractivity contribution is 8.00. The van der Waals surface area contributed by atoms with E-state index < -0.39 is 54.1 Å². The number of hydrogen-bond acceptors (Lipinski definition) is 3. The molecule has 0 fully saturated rings. The summed E-state index contributed by atoms with van der Waals surface area (Å²) in [6.07, 6.45) is -9.12. The number of hydrogen-bond donors (Lipinski definition) is 0. The third kappa shape index (κ3) is 6.63. The van der Waals surface area contributed by atoms with Gasteiger partial charge in [0, 0.05) is 6.42 Å². The van der Waals surface area contributed by atoms with E-state index in [-0.39, 0.29) is 5.75 Å². The van der Waals surface area contributed by atoms with Crippen molar-refractivity contribution in [3.8, 4) is 0 Å². The van der Waals surface area contributed by atoms with Gasteiger partial charge in [0.2, 0.25) is 0 Å². The summed E-state index contributed by atoms with van der Waals surface area (Å²) < 4.78 is 120. The van der Waals surface area contributed by atoms with Gasteiger partial charge >= 0.3 is 29.9 Å². The van der Waals surface area contributed by atoms with Crippen molar-refractivity contribution in [2.75, 3.05) is 5.75 Å². The maximum absolute atomic E-state index is 13.4. The van der Waals surface area contributed by atoms with Crippen molar-refractivity contribution in [3.63, 3.8) is 0 Å². The van der Waals surface area contributed by atoms with Crippen molar-refractivity contribution in [1.82, 2.24) is 0 Å². The van der Waals surface area contributed by atoms with E-state index in [0.29, 0.717) is 12.8 Å². The van der Waals surface area contributed by atoms with Gasteiger partial charge in [-0.2, -0.15) is 39.5 Å². The Morgan fingerprint density at radius 3 is 1.89 bits per heavy atom. The van der Waals surface area contributed by atoms with Gasteiger partial charge < -0.3 is 4.74 Å². The fourth-order valence-electron chi connectivity index (χ4n) is 1.92. The first-order chi connectivity index (χ1) is 12.0. The molecular formula is C15H21F9O2S. The fraction of sp³-hybridized carbons (Fsp3) is 0.933. The number of thioether (sulfide) groups is 1. The highest BCUT2D eigenvalue weighted by Crippen LogP contribution is 2.54. The van der Waals surface area contributed by atoms with Gasteiger partial charge in [-0.25, -0.2) is 0 Å². The van der Waals surface area contributed by atoms with Gasteiger partial charge in [-0.1, -0.05) is 13.3 Å². The van der Waals surface area contributed by atoms with E-state index in [1.165, 1.54) is 0 Å². The van der Waals surface area contributed by atoms with Gasteiger partial charge in [-0.15, -0.1) is 11.8 Å². The summed E-state index contributed by atoms with van der Waals surface area (Å²) >= 11 is 0.798. The minimum atomic E-state index is -6.87. The average molecular weight is 436 g/mol. The van der Waals surface area contributed by atoms with Crippen molar-refractivity contribution in [2.45, 2.75) is 81.8 Å². The van der Waals surface area contributed by atoms with Crippen LogP contribution in [0.25, 0.3) is 0 Å². The lowest BCUT2D eigenvalue weighted by Gasteiger charge is -2.33. The summed E-state index contributed by atoms with van der Waals surface area (Å²) in [5.74, 6) is -20.0. The number of carbonyl (C=O) groups is 1. The van der Waals surface area contributed by atoms with Crippen molar-refractivity contribution < 1.29 is 49.0 Å². The maximum Gasteiger partial charge on any atom is 0.460 e. The van der Waals surface area contributed by atoms with Crippen LogP contribution in [0.5, 0.6) is 0 Å². The lowest BCUT2D eigenvalue weighted by atomic mass is 10.00. The van der Waals surface area contributed by atoms with E-state index in [0.717, 1.165) is 11.8 Å². The van der Waals surface area contributed by atoms with Crippen molar-refractivity contribution >= 4 is 17.7 Å². The number of halogens is 9. The van der Waals surface area contributed by atoms with Crippen LogP contribution in [0.1, 0.15) is 46.5 Å². The molecule has 0 aromatic heterocycles. The Morgan fingerprint density at radius 1 is 0.963 bits per heavy atom. The van der Waals surface area contributed by atoms with Gasteiger partial charge in [0.05, 0.1) is 6.10 Å². The van der Waals surface area contributed by atoms with E-state index in [9.17, 15) is 44.3 Å². The Balaban J connectivity index is 4.87. The van der Waals surface area contributed by atoms with Crippen molar-refractivity contribution in [2.24, 2.45) is 0 Å². The molecule has 0 rings (SSSR count). The molecule has 0 spiro atoms. The van der Waals surface area contributed by atoms with Crippen LogP contribution < -0.4 is 0 Å². The third-order valence-electron chi connectivity index (χ3n) is 3.33. The molecular weight excluding hydrogens is 415 g/mol. The summed E-state index contributed by atoms with van der Waals surface area (Å²) in [4.78, 5) is 11.8. The second-order valence-corrected chi connectivity index (χ2v) is 7.40. The summed E-state index contributed by atoms with van der Waals surface area (Å²) in [6.45, 7) is 4.88. The lowest BCUT2D eigenvalue weighted by Crippen LogP contribution is -2.60. The summed E-state index contributed by atoms with van der Waals surface area (Å²) in [7, 11) is 0. The normalized spacial score (nSPS) is 15.1. The van der Waals surface area contributed by atoms with Crippen molar-refractivity contribution in [1.29, 1.82) is 0 Å². The molecule has 0 aliphatic heterocycles. The Labute approximate surface area is 155 Å². The van der Waals surface area contributed by atoms with Gasteiger partial charge in [-0.05, 0) is 32.4 Å². The van der Waals surface area contributed by atoms with Crippen LogP contribution in [-0.4, -0.2) is 47.0 Å². The molecule has 0 aromatic carbocycles. The predicted molar refractivity (Wildman–Crippen MR) is 82.5 cm³/mol. The Hall–Kier alpha value is -0.810. The quantitative estimate of drug-likeness (QED) is 0.223. The number of alkyl halides is 9. The zero-order valence-electron chi connectivity index (χ0n) is 14.8. The predicted octanol–water partition coefficient (Wildman–Crippen LogP) is 6.09. The largest absolute Gasteiger partial charge is 0.462 e. The summed E-state index contributed by atoms with van der Waals surface area (Å²) in [5.41, 5.74) is 0. The van der Waals surface area contributed by atoms with Crippen LogP contribution in [0.15, 0.2) is 0 Å². The van der Waals surface area contributed by atoms with Crippen molar-refractivity contribution in [3.05, 3.63) is 0 Å². The van der Waals surface area contributed by atoms with Crippen LogP contribution in [0, 0.1) is 0 Å². The molecule has 0 aliphatic carbocycles. The Bertz CT molecular complexity index is 478. The first kappa shape index (κ1) is 26.2. The third-order valence-corrected chi connectivity index (χ3v) is 4.68. The fourth-order valence-corrected chi connectivity index (χ4v) is 3.11. The molecule has 0 heterocycles. The Kier molecular flexibility index (Phi) is 9.31. The SMILES string of the molecule is CCCC(SCCCC(F)(F)C(F)(F)C(F)(F)C(F)(F)F)C(=O)OC(C)C. The first-order valence-electron chi connectivity index (χ1n) is 8.03. The van der Waals surface area contributed by atoms with Crippen LogP contribution >= 0.6 is 11.8 Å². The molecule has 0 aliphatic rings. The van der Waals surface area contributed by atoms with E-state index in [2.05, 4.69) is 0 Å².